The number of hydrogen-bond donors (Lipinski definition) is 0. The minimum absolute atomic E-state index is 0.00911. The predicted octanol–water partition coefficient (Wildman–Crippen LogP) is 5.17. The van der Waals surface area contributed by atoms with E-state index in [2.05, 4.69) is 25.7 Å². The number of carbonyl (C=O) groups is 2. The number of para-hydroxylation sites is 1. The van der Waals surface area contributed by atoms with Gasteiger partial charge in [0.15, 0.2) is 0 Å². The fraction of sp³-hybridized carbons (Fsp3) is 0.462. The summed E-state index contributed by atoms with van der Waals surface area (Å²) in [5.74, 6) is 0.0546. The Balaban J connectivity index is 1.66. The molecule has 0 spiro atoms. The zero-order valence-corrected chi connectivity index (χ0v) is 18.3. The monoisotopic (exact) mass is 404 g/mol. The topological polar surface area (TPSA) is 40.6 Å². The van der Waals surface area contributed by atoms with E-state index in [4.69, 9.17) is 0 Å². The molecule has 2 aliphatic rings. The molecule has 1 aliphatic heterocycles. The molecule has 1 heterocycles. The van der Waals surface area contributed by atoms with Crippen molar-refractivity contribution in [3.63, 3.8) is 0 Å². The van der Waals surface area contributed by atoms with Crippen LogP contribution in [0.1, 0.15) is 73.9 Å². The highest BCUT2D eigenvalue weighted by molar-refractivity contribution is 6.08. The van der Waals surface area contributed by atoms with Crippen LogP contribution in [0, 0.1) is 0 Å². The van der Waals surface area contributed by atoms with Gasteiger partial charge in [-0.15, -0.1) is 0 Å². The first-order valence-corrected chi connectivity index (χ1v) is 11.4. The summed E-state index contributed by atoms with van der Waals surface area (Å²) in [6.07, 6.45) is 5.06. The molecule has 4 rings (SSSR count). The Morgan fingerprint density at radius 3 is 2.33 bits per heavy atom. The standard InChI is InChI=1S/C26H32N2O2/c1-4-19-13-15-20(16-14-19)25(29)28-18(3)17-23(22-11-6-7-12-24(22)28)26(30)27(5-2)21-9-8-10-21/h6-7,11-16,18,21,23H,4-5,8-10,17H2,1-3H3/t18-,23-/m0/s1. The van der Waals surface area contributed by atoms with Gasteiger partial charge in [-0.3, -0.25) is 9.59 Å². The maximum atomic E-state index is 13.5. The second kappa shape index (κ2) is 8.63. The largest absolute Gasteiger partial charge is 0.339 e. The van der Waals surface area contributed by atoms with Crippen molar-refractivity contribution < 1.29 is 9.59 Å². The van der Waals surface area contributed by atoms with E-state index in [0.29, 0.717) is 18.0 Å². The molecule has 1 fully saturated rings. The average molecular weight is 405 g/mol. The van der Waals surface area contributed by atoms with E-state index in [0.717, 1.165) is 37.1 Å². The molecule has 1 aliphatic carbocycles. The molecule has 0 aromatic heterocycles. The molecule has 2 atom stereocenters. The first-order chi connectivity index (χ1) is 14.5. The van der Waals surface area contributed by atoms with Crippen molar-refractivity contribution in [3.05, 3.63) is 65.2 Å². The number of benzene rings is 2. The predicted molar refractivity (Wildman–Crippen MR) is 121 cm³/mol. The smallest absolute Gasteiger partial charge is 0.258 e. The summed E-state index contributed by atoms with van der Waals surface area (Å²) < 4.78 is 0. The number of fused-ring (bicyclic) bond motifs is 1. The first kappa shape index (κ1) is 20.6. The van der Waals surface area contributed by atoms with Crippen LogP contribution in [0.2, 0.25) is 0 Å². The number of carbonyl (C=O) groups excluding carboxylic acids is 2. The van der Waals surface area contributed by atoms with Gasteiger partial charge >= 0.3 is 0 Å². The van der Waals surface area contributed by atoms with Crippen LogP contribution < -0.4 is 4.90 Å². The van der Waals surface area contributed by atoms with Crippen LogP contribution in [0.5, 0.6) is 0 Å². The van der Waals surface area contributed by atoms with Crippen molar-refractivity contribution in [2.45, 2.75) is 70.9 Å². The number of hydrogen-bond acceptors (Lipinski definition) is 2. The Hall–Kier alpha value is -2.62. The first-order valence-electron chi connectivity index (χ1n) is 11.4. The maximum absolute atomic E-state index is 13.5. The SMILES string of the molecule is CCc1ccc(C(=O)N2c3ccccc3[C@@H](C(=O)N(CC)C3CCC3)C[C@@H]2C)cc1. The Kier molecular flexibility index (Phi) is 5.94. The van der Waals surface area contributed by atoms with Crippen molar-refractivity contribution >= 4 is 17.5 Å². The lowest BCUT2D eigenvalue weighted by molar-refractivity contribution is -0.137. The Bertz CT molecular complexity index is 917. The molecular formula is C26H32N2O2. The fourth-order valence-electron chi connectivity index (χ4n) is 4.87. The molecule has 0 bridgehead atoms. The second-order valence-corrected chi connectivity index (χ2v) is 8.63. The van der Waals surface area contributed by atoms with Crippen LogP contribution >= 0.6 is 0 Å². The number of amides is 2. The molecule has 0 saturated heterocycles. The molecule has 0 radical (unpaired) electrons. The average Bonchev–Trinajstić information content (AvgIpc) is 2.74. The second-order valence-electron chi connectivity index (χ2n) is 8.63. The third kappa shape index (κ3) is 3.64. The fourth-order valence-corrected chi connectivity index (χ4v) is 4.87. The van der Waals surface area contributed by atoms with Crippen molar-refractivity contribution in [2.75, 3.05) is 11.4 Å². The van der Waals surface area contributed by atoms with Gasteiger partial charge in [0.2, 0.25) is 5.91 Å². The van der Waals surface area contributed by atoms with Gasteiger partial charge in [-0.1, -0.05) is 37.3 Å². The summed E-state index contributed by atoms with van der Waals surface area (Å²) in [6, 6.07) is 16.2. The molecule has 2 aromatic rings. The number of nitrogens with zero attached hydrogens (tertiary/aromatic N) is 2. The van der Waals surface area contributed by atoms with Crippen LogP contribution in [0.15, 0.2) is 48.5 Å². The molecule has 1 saturated carbocycles. The molecule has 2 amide bonds. The summed E-state index contributed by atoms with van der Waals surface area (Å²) in [7, 11) is 0. The third-order valence-corrected chi connectivity index (χ3v) is 6.85. The number of likely N-dealkylation sites (N-methyl/N-ethyl adjacent to an activating group) is 1. The van der Waals surface area contributed by atoms with Crippen LogP contribution in [0.25, 0.3) is 0 Å². The van der Waals surface area contributed by atoms with E-state index in [-0.39, 0.29) is 23.8 Å². The van der Waals surface area contributed by atoms with E-state index < -0.39 is 0 Å². The quantitative estimate of drug-likeness (QED) is 0.689. The van der Waals surface area contributed by atoms with Crippen molar-refractivity contribution in [1.29, 1.82) is 0 Å². The van der Waals surface area contributed by atoms with Gasteiger partial charge in [0.05, 0.1) is 5.92 Å². The van der Waals surface area contributed by atoms with Gasteiger partial charge in [0.25, 0.3) is 5.91 Å². The Morgan fingerprint density at radius 1 is 1.03 bits per heavy atom. The number of rotatable bonds is 5. The highest BCUT2D eigenvalue weighted by Crippen LogP contribution is 2.41. The lowest BCUT2D eigenvalue weighted by Gasteiger charge is -2.43. The highest BCUT2D eigenvalue weighted by atomic mass is 16.2. The Morgan fingerprint density at radius 2 is 1.73 bits per heavy atom. The lowest BCUT2D eigenvalue weighted by atomic mass is 9.83. The number of anilines is 1. The molecule has 0 unspecified atom stereocenters. The zero-order valence-electron chi connectivity index (χ0n) is 18.3. The van der Waals surface area contributed by atoms with E-state index in [1.807, 2.05) is 53.4 Å². The lowest BCUT2D eigenvalue weighted by Crippen LogP contribution is -2.50. The highest BCUT2D eigenvalue weighted by Gasteiger charge is 2.40. The summed E-state index contributed by atoms with van der Waals surface area (Å²) >= 11 is 0. The molecule has 4 heteroatoms. The van der Waals surface area contributed by atoms with Gasteiger partial charge in [-0.2, -0.15) is 0 Å². The minimum atomic E-state index is -0.178. The Labute approximate surface area is 179 Å². The minimum Gasteiger partial charge on any atom is -0.339 e. The summed E-state index contributed by atoms with van der Waals surface area (Å²) in [6.45, 7) is 7.00. The van der Waals surface area contributed by atoms with E-state index in [1.54, 1.807) is 0 Å². The molecular weight excluding hydrogens is 372 g/mol. The van der Waals surface area contributed by atoms with Crippen LogP contribution in [0.4, 0.5) is 5.69 Å². The van der Waals surface area contributed by atoms with Gasteiger partial charge in [0, 0.05) is 29.9 Å². The molecule has 2 aromatic carbocycles. The van der Waals surface area contributed by atoms with Crippen LogP contribution in [-0.2, 0) is 11.2 Å². The van der Waals surface area contributed by atoms with Gasteiger partial charge in [-0.05, 0) is 75.3 Å². The number of aryl methyl sites for hydroxylation is 1. The van der Waals surface area contributed by atoms with Crippen molar-refractivity contribution in [1.82, 2.24) is 4.90 Å². The molecule has 158 valence electrons. The van der Waals surface area contributed by atoms with E-state index in [9.17, 15) is 9.59 Å². The van der Waals surface area contributed by atoms with E-state index >= 15 is 0 Å². The summed E-state index contributed by atoms with van der Waals surface area (Å²) in [5.41, 5.74) is 3.78. The van der Waals surface area contributed by atoms with E-state index in [1.165, 1.54) is 12.0 Å². The van der Waals surface area contributed by atoms with Gasteiger partial charge < -0.3 is 9.80 Å². The summed E-state index contributed by atoms with van der Waals surface area (Å²) in [5, 5.41) is 0. The zero-order chi connectivity index (χ0) is 21.3. The van der Waals surface area contributed by atoms with Crippen LogP contribution in [0.3, 0.4) is 0 Å². The van der Waals surface area contributed by atoms with Crippen LogP contribution in [-0.4, -0.2) is 35.3 Å². The molecule has 0 N–H and O–H groups in total. The van der Waals surface area contributed by atoms with Crippen molar-refractivity contribution in [2.24, 2.45) is 0 Å². The normalized spacial score (nSPS) is 21.0. The summed E-state index contributed by atoms with van der Waals surface area (Å²) in [4.78, 5) is 30.9. The molecule has 4 nitrogen and oxygen atoms in total. The molecule has 30 heavy (non-hydrogen) atoms. The van der Waals surface area contributed by atoms with Crippen molar-refractivity contribution in [3.8, 4) is 0 Å². The van der Waals surface area contributed by atoms with Gasteiger partial charge in [-0.25, -0.2) is 0 Å². The van der Waals surface area contributed by atoms with Gasteiger partial charge in [0.1, 0.15) is 0 Å². The third-order valence-electron chi connectivity index (χ3n) is 6.85. The maximum Gasteiger partial charge on any atom is 0.258 e.